The Morgan fingerprint density at radius 2 is 2.47 bits per heavy atom. The molecule has 17 heavy (non-hydrogen) atoms. The summed E-state index contributed by atoms with van der Waals surface area (Å²) in [5, 5.41) is 5.63. The number of anilines is 1. The lowest BCUT2D eigenvalue weighted by Crippen LogP contribution is -2.21. The molecule has 2 rings (SSSR count). The molecule has 0 spiro atoms. The van der Waals surface area contributed by atoms with Crippen LogP contribution in [-0.2, 0) is 4.79 Å². The summed E-state index contributed by atoms with van der Waals surface area (Å²) < 4.78 is 0. The van der Waals surface area contributed by atoms with Gasteiger partial charge in [-0.25, -0.2) is 4.98 Å². The minimum Gasteiger partial charge on any atom is -0.330 e. The molecule has 1 amide bonds. The first kappa shape index (κ1) is 12.5. The van der Waals surface area contributed by atoms with E-state index in [-0.39, 0.29) is 11.8 Å². The van der Waals surface area contributed by atoms with Crippen molar-refractivity contribution in [3.63, 3.8) is 0 Å². The van der Waals surface area contributed by atoms with E-state index in [1.54, 1.807) is 0 Å². The number of nitrogens with two attached hydrogens (primary N) is 1. The zero-order valence-corrected chi connectivity index (χ0v) is 10.9. The zero-order chi connectivity index (χ0) is 12.3. The van der Waals surface area contributed by atoms with Crippen molar-refractivity contribution >= 4 is 22.4 Å². The predicted molar refractivity (Wildman–Crippen MR) is 70.2 cm³/mol. The van der Waals surface area contributed by atoms with Gasteiger partial charge in [-0.05, 0) is 25.3 Å². The number of hydrogen-bond donors (Lipinski definition) is 2. The molecule has 1 fully saturated rings. The van der Waals surface area contributed by atoms with E-state index in [4.69, 9.17) is 5.73 Å². The van der Waals surface area contributed by atoms with Gasteiger partial charge in [0.05, 0.1) is 5.69 Å². The molecule has 1 aromatic heterocycles. The Hall–Kier alpha value is -0.940. The summed E-state index contributed by atoms with van der Waals surface area (Å²) in [7, 11) is 0. The summed E-state index contributed by atoms with van der Waals surface area (Å²) in [6.07, 6.45) is 3.91. The molecule has 1 saturated carbocycles. The van der Waals surface area contributed by atoms with Gasteiger partial charge in [-0.15, -0.1) is 11.3 Å². The first-order valence-electron chi connectivity index (χ1n) is 6.18. The summed E-state index contributed by atoms with van der Waals surface area (Å²) in [6, 6.07) is 0. The van der Waals surface area contributed by atoms with E-state index in [0.717, 1.165) is 17.2 Å². The third-order valence-corrected chi connectivity index (χ3v) is 3.92. The molecule has 94 valence electrons. The number of rotatable bonds is 6. The maximum absolute atomic E-state index is 11.7. The van der Waals surface area contributed by atoms with Crippen molar-refractivity contribution in [2.24, 2.45) is 11.7 Å². The van der Waals surface area contributed by atoms with Gasteiger partial charge in [0, 0.05) is 17.7 Å². The first-order valence-corrected chi connectivity index (χ1v) is 7.06. The number of aromatic nitrogens is 1. The van der Waals surface area contributed by atoms with Gasteiger partial charge in [0.1, 0.15) is 0 Å². The van der Waals surface area contributed by atoms with Crippen molar-refractivity contribution in [3.8, 4) is 0 Å². The van der Waals surface area contributed by atoms with E-state index in [9.17, 15) is 4.79 Å². The molecule has 4 nitrogen and oxygen atoms in total. The van der Waals surface area contributed by atoms with Gasteiger partial charge in [0.2, 0.25) is 5.91 Å². The van der Waals surface area contributed by atoms with Gasteiger partial charge in [-0.1, -0.05) is 13.3 Å². The maximum Gasteiger partial charge on any atom is 0.226 e. The molecule has 0 aliphatic heterocycles. The van der Waals surface area contributed by atoms with Crippen molar-refractivity contribution in [2.75, 3.05) is 11.9 Å². The van der Waals surface area contributed by atoms with E-state index in [0.29, 0.717) is 18.9 Å². The summed E-state index contributed by atoms with van der Waals surface area (Å²) in [6.45, 7) is 2.62. The average molecular weight is 253 g/mol. The summed E-state index contributed by atoms with van der Waals surface area (Å²) >= 11 is 1.51. The van der Waals surface area contributed by atoms with Crippen LogP contribution in [0.4, 0.5) is 5.13 Å². The smallest absolute Gasteiger partial charge is 0.226 e. The van der Waals surface area contributed by atoms with Crippen molar-refractivity contribution in [3.05, 3.63) is 11.1 Å². The fourth-order valence-corrected chi connectivity index (χ4v) is 2.55. The van der Waals surface area contributed by atoms with Crippen LogP contribution in [-0.4, -0.2) is 17.4 Å². The van der Waals surface area contributed by atoms with Crippen LogP contribution in [0.3, 0.4) is 0 Å². The number of amides is 1. The second-order valence-electron chi connectivity index (χ2n) is 4.61. The Morgan fingerprint density at radius 3 is 3.06 bits per heavy atom. The lowest BCUT2D eigenvalue weighted by atomic mass is 10.0. The Kier molecular flexibility index (Phi) is 4.12. The van der Waals surface area contributed by atoms with E-state index in [1.807, 2.05) is 5.38 Å². The van der Waals surface area contributed by atoms with Crippen molar-refractivity contribution in [2.45, 2.75) is 38.5 Å². The number of carbonyl (C=O) groups is 1. The molecule has 1 aliphatic carbocycles. The van der Waals surface area contributed by atoms with Crippen LogP contribution in [0.5, 0.6) is 0 Å². The van der Waals surface area contributed by atoms with Crippen LogP contribution in [0.25, 0.3) is 0 Å². The normalized spacial score (nSPS) is 16.8. The van der Waals surface area contributed by atoms with Crippen LogP contribution < -0.4 is 11.1 Å². The molecular weight excluding hydrogens is 234 g/mol. The van der Waals surface area contributed by atoms with Gasteiger partial charge >= 0.3 is 0 Å². The topological polar surface area (TPSA) is 68.0 Å². The number of carbonyl (C=O) groups excluding carboxylic acids is 1. The van der Waals surface area contributed by atoms with Crippen LogP contribution in [0.1, 0.15) is 44.2 Å². The van der Waals surface area contributed by atoms with Crippen LogP contribution in [0.2, 0.25) is 0 Å². The van der Waals surface area contributed by atoms with Crippen molar-refractivity contribution in [1.29, 1.82) is 0 Å². The average Bonchev–Trinajstić information content (AvgIpc) is 3.08. The predicted octanol–water partition coefficient (Wildman–Crippen LogP) is 2.33. The highest BCUT2D eigenvalue weighted by Gasteiger charge is 2.26. The van der Waals surface area contributed by atoms with Gasteiger partial charge in [-0.3, -0.25) is 4.79 Å². The second kappa shape index (κ2) is 5.60. The van der Waals surface area contributed by atoms with Gasteiger partial charge < -0.3 is 11.1 Å². The standard InChI is InChI=1S/C12H19N3OS/c1-2-8(6-13)5-11(16)15-12-14-10(7-17-12)9-3-4-9/h7-9H,2-6,13H2,1H3,(H,14,15,16). The van der Waals surface area contributed by atoms with Gasteiger partial charge in [0.15, 0.2) is 5.13 Å². The zero-order valence-electron chi connectivity index (χ0n) is 10.1. The molecule has 0 bridgehead atoms. The molecule has 0 radical (unpaired) electrons. The molecular formula is C12H19N3OS. The fraction of sp³-hybridized carbons (Fsp3) is 0.667. The SMILES string of the molecule is CCC(CN)CC(=O)Nc1nc(C2CC2)cs1. The molecule has 1 aromatic rings. The highest BCUT2D eigenvalue weighted by Crippen LogP contribution is 2.40. The third-order valence-electron chi connectivity index (χ3n) is 3.15. The molecule has 1 heterocycles. The van der Waals surface area contributed by atoms with Gasteiger partial charge in [-0.2, -0.15) is 0 Å². The Balaban J connectivity index is 1.84. The fourth-order valence-electron chi connectivity index (χ4n) is 1.74. The maximum atomic E-state index is 11.7. The summed E-state index contributed by atoms with van der Waals surface area (Å²) in [4.78, 5) is 16.2. The molecule has 5 heteroatoms. The lowest BCUT2D eigenvalue weighted by molar-refractivity contribution is -0.117. The molecule has 0 saturated heterocycles. The van der Waals surface area contributed by atoms with Crippen LogP contribution >= 0.6 is 11.3 Å². The molecule has 0 aromatic carbocycles. The number of nitrogens with one attached hydrogen (secondary N) is 1. The molecule has 1 atom stereocenters. The largest absolute Gasteiger partial charge is 0.330 e. The monoisotopic (exact) mass is 253 g/mol. The Bertz CT molecular complexity index is 383. The molecule has 1 unspecified atom stereocenters. The number of nitrogens with zero attached hydrogens (tertiary/aromatic N) is 1. The van der Waals surface area contributed by atoms with Crippen molar-refractivity contribution in [1.82, 2.24) is 4.98 Å². The lowest BCUT2D eigenvalue weighted by Gasteiger charge is -2.10. The summed E-state index contributed by atoms with van der Waals surface area (Å²) in [5.41, 5.74) is 6.72. The van der Waals surface area contributed by atoms with E-state index >= 15 is 0 Å². The minimum atomic E-state index is 0.0268. The Morgan fingerprint density at radius 1 is 1.71 bits per heavy atom. The third kappa shape index (κ3) is 3.51. The van der Waals surface area contributed by atoms with E-state index in [1.165, 1.54) is 24.2 Å². The quantitative estimate of drug-likeness (QED) is 0.817. The second-order valence-corrected chi connectivity index (χ2v) is 5.47. The van der Waals surface area contributed by atoms with E-state index < -0.39 is 0 Å². The summed E-state index contributed by atoms with van der Waals surface area (Å²) in [5.74, 6) is 0.946. The first-order chi connectivity index (χ1) is 8.22. The minimum absolute atomic E-state index is 0.0268. The highest BCUT2D eigenvalue weighted by molar-refractivity contribution is 7.13. The van der Waals surface area contributed by atoms with Crippen LogP contribution in [0, 0.1) is 5.92 Å². The van der Waals surface area contributed by atoms with Crippen molar-refractivity contribution < 1.29 is 4.79 Å². The highest BCUT2D eigenvalue weighted by atomic mass is 32.1. The van der Waals surface area contributed by atoms with E-state index in [2.05, 4.69) is 17.2 Å². The van der Waals surface area contributed by atoms with Crippen LogP contribution in [0.15, 0.2) is 5.38 Å². The van der Waals surface area contributed by atoms with Gasteiger partial charge in [0.25, 0.3) is 0 Å². The number of hydrogen-bond acceptors (Lipinski definition) is 4. The molecule has 3 N–H and O–H groups in total. The number of thiazole rings is 1. The molecule has 1 aliphatic rings. The Labute approximate surface area is 106 Å².